The summed E-state index contributed by atoms with van der Waals surface area (Å²) in [4.78, 5) is 0. The molecule has 2 nitrogen and oxygen atoms in total. The number of rotatable bonds is 4. The Morgan fingerprint density at radius 3 is 2.55 bits per heavy atom. The zero-order valence-corrected chi connectivity index (χ0v) is 11.7. The highest BCUT2D eigenvalue weighted by Crippen LogP contribution is 2.15. The minimum atomic E-state index is -0.371. The Morgan fingerprint density at radius 1 is 1.20 bits per heavy atom. The SMILES string of the molecule is Cc1ccc([C@@H](C)NCc2cc(F)cc(C#N)c2)cc1. The van der Waals surface area contributed by atoms with E-state index in [1.54, 1.807) is 6.07 Å². The fourth-order valence-corrected chi connectivity index (χ4v) is 2.06. The van der Waals surface area contributed by atoms with Crippen LogP contribution >= 0.6 is 0 Å². The highest BCUT2D eigenvalue weighted by atomic mass is 19.1. The number of halogens is 1. The zero-order chi connectivity index (χ0) is 14.5. The van der Waals surface area contributed by atoms with E-state index in [0.29, 0.717) is 12.1 Å². The lowest BCUT2D eigenvalue weighted by Crippen LogP contribution is -2.18. The van der Waals surface area contributed by atoms with Crippen LogP contribution in [-0.2, 0) is 6.54 Å². The van der Waals surface area contributed by atoms with Crippen LogP contribution in [0.4, 0.5) is 4.39 Å². The van der Waals surface area contributed by atoms with Crippen LogP contribution in [0, 0.1) is 24.1 Å². The van der Waals surface area contributed by atoms with Crippen molar-refractivity contribution >= 4 is 0 Å². The average Bonchev–Trinajstić information content (AvgIpc) is 2.45. The van der Waals surface area contributed by atoms with E-state index in [1.807, 2.05) is 6.07 Å². The highest BCUT2D eigenvalue weighted by Gasteiger charge is 2.06. The second kappa shape index (κ2) is 6.31. The fourth-order valence-electron chi connectivity index (χ4n) is 2.06. The van der Waals surface area contributed by atoms with E-state index in [1.165, 1.54) is 23.3 Å². The molecule has 0 saturated carbocycles. The third-order valence-corrected chi connectivity index (χ3v) is 3.28. The maximum absolute atomic E-state index is 13.3. The van der Waals surface area contributed by atoms with Gasteiger partial charge in [0.1, 0.15) is 5.82 Å². The lowest BCUT2D eigenvalue weighted by molar-refractivity contribution is 0.569. The fraction of sp³-hybridized carbons (Fsp3) is 0.235. The minimum Gasteiger partial charge on any atom is -0.306 e. The maximum atomic E-state index is 13.3. The van der Waals surface area contributed by atoms with Crippen LogP contribution in [-0.4, -0.2) is 0 Å². The van der Waals surface area contributed by atoms with Crippen LogP contribution < -0.4 is 5.32 Å². The topological polar surface area (TPSA) is 35.8 Å². The van der Waals surface area contributed by atoms with Crippen molar-refractivity contribution in [1.82, 2.24) is 5.32 Å². The van der Waals surface area contributed by atoms with Gasteiger partial charge in [-0.15, -0.1) is 0 Å². The summed E-state index contributed by atoms with van der Waals surface area (Å²) in [5, 5.41) is 12.2. The first-order valence-corrected chi connectivity index (χ1v) is 6.58. The van der Waals surface area contributed by atoms with Gasteiger partial charge < -0.3 is 5.32 Å². The molecule has 2 aromatic rings. The smallest absolute Gasteiger partial charge is 0.124 e. The third-order valence-electron chi connectivity index (χ3n) is 3.28. The number of benzene rings is 2. The molecule has 0 aliphatic rings. The van der Waals surface area contributed by atoms with Crippen LogP contribution in [0.2, 0.25) is 0 Å². The minimum absolute atomic E-state index is 0.171. The quantitative estimate of drug-likeness (QED) is 0.914. The van der Waals surface area contributed by atoms with Crippen molar-refractivity contribution in [1.29, 1.82) is 5.26 Å². The molecular weight excluding hydrogens is 251 g/mol. The van der Waals surface area contributed by atoms with Crippen molar-refractivity contribution in [3.05, 3.63) is 70.5 Å². The Balaban J connectivity index is 2.03. The summed E-state index contributed by atoms with van der Waals surface area (Å²) in [5.74, 6) is -0.371. The Hall–Kier alpha value is -2.18. The molecule has 0 spiro atoms. The van der Waals surface area contributed by atoms with E-state index >= 15 is 0 Å². The number of nitrogens with zero attached hydrogens (tertiary/aromatic N) is 1. The van der Waals surface area contributed by atoms with E-state index < -0.39 is 0 Å². The van der Waals surface area contributed by atoms with Gasteiger partial charge in [0, 0.05) is 12.6 Å². The molecule has 2 rings (SSSR count). The first-order valence-electron chi connectivity index (χ1n) is 6.58. The van der Waals surface area contributed by atoms with Gasteiger partial charge in [0.25, 0.3) is 0 Å². The lowest BCUT2D eigenvalue weighted by Gasteiger charge is -2.14. The van der Waals surface area contributed by atoms with Gasteiger partial charge in [0.2, 0.25) is 0 Å². The van der Waals surface area contributed by atoms with Gasteiger partial charge in [-0.05, 0) is 43.2 Å². The van der Waals surface area contributed by atoms with Crippen molar-refractivity contribution in [2.45, 2.75) is 26.4 Å². The van der Waals surface area contributed by atoms with E-state index in [9.17, 15) is 4.39 Å². The van der Waals surface area contributed by atoms with Crippen LogP contribution in [0.3, 0.4) is 0 Å². The summed E-state index contributed by atoms with van der Waals surface area (Å²) in [5.41, 5.74) is 3.54. The van der Waals surface area contributed by atoms with Gasteiger partial charge in [0.05, 0.1) is 11.6 Å². The molecular formula is C17H17FN2. The van der Waals surface area contributed by atoms with Gasteiger partial charge in [-0.3, -0.25) is 0 Å². The van der Waals surface area contributed by atoms with E-state index in [4.69, 9.17) is 5.26 Å². The molecule has 0 radical (unpaired) electrons. The van der Waals surface area contributed by atoms with Gasteiger partial charge in [0.15, 0.2) is 0 Å². The Kier molecular flexibility index (Phi) is 4.49. The second-order valence-electron chi connectivity index (χ2n) is 4.97. The van der Waals surface area contributed by atoms with Crippen LogP contribution in [0.25, 0.3) is 0 Å². The molecule has 0 heterocycles. The highest BCUT2D eigenvalue weighted by molar-refractivity contribution is 5.33. The molecule has 0 aliphatic heterocycles. The molecule has 3 heteroatoms. The van der Waals surface area contributed by atoms with Crippen molar-refractivity contribution in [2.75, 3.05) is 0 Å². The van der Waals surface area contributed by atoms with Crippen molar-refractivity contribution in [3.63, 3.8) is 0 Å². The standard InChI is InChI=1S/C17H17FN2/c1-12-3-5-16(6-4-12)13(2)20-11-15-7-14(10-19)8-17(18)9-15/h3-9,13,20H,11H2,1-2H3/t13-/m1/s1. The average molecular weight is 268 g/mol. The molecule has 1 atom stereocenters. The molecule has 0 aromatic heterocycles. The molecule has 0 aliphatic carbocycles. The Labute approximate surface area is 118 Å². The number of nitrogens with one attached hydrogen (secondary N) is 1. The lowest BCUT2D eigenvalue weighted by atomic mass is 10.1. The predicted molar refractivity (Wildman–Crippen MR) is 77.5 cm³/mol. The summed E-state index contributed by atoms with van der Waals surface area (Å²) in [6, 6.07) is 14.9. The summed E-state index contributed by atoms with van der Waals surface area (Å²) >= 11 is 0. The Morgan fingerprint density at radius 2 is 1.90 bits per heavy atom. The monoisotopic (exact) mass is 268 g/mol. The van der Waals surface area contributed by atoms with Crippen molar-refractivity contribution in [2.24, 2.45) is 0 Å². The van der Waals surface area contributed by atoms with Gasteiger partial charge >= 0.3 is 0 Å². The van der Waals surface area contributed by atoms with Crippen LogP contribution in [0.1, 0.15) is 35.2 Å². The first-order chi connectivity index (χ1) is 9.58. The Bertz CT molecular complexity index is 626. The summed E-state index contributed by atoms with van der Waals surface area (Å²) in [6.45, 7) is 4.65. The largest absolute Gasteiger partial charge is 0.306 e. The number of hydrogen-bond acceptors (Lipinski definition) is 2. The van der Waals surface area contributed by atoms with E-state index in [2.05, 4.69) is 43.4 Å². The number of hydrogen-bond donors (Lipinski definition) is 1. The van der Waals surface area contributed by atoms with Crippen molar-refractivity contribution < 1.29 is 4.39 Å². The molecule has 0 fully saturated rings. The summed E-state index contributed by atoms with van der Waals surface area (Å²) in [6.07, 6.45) is 0. The normalized spacial score (nSPS) is 11.9. The molecule has 102 valence electrons. The van der Waals surface area contributed by atoms with Gasteiger partial charge in [-0.1, -0.05) is 29.8 Å². The molecule has 0 unspecified atom stereocenters. The molecule has 1 N–H and O–H groups in total. The molecule has 2 aromatic carbocycles. The van der Waals surface area contributed by atoms with Crippen LogP contribution in [0.15, 0.2) is 42.5 Å². The van der Waals surface area contributed by atoms with Crippen LogP contribution in [0.5, 0.6) is 0 Å². The predicted octanol–water partition coefficient (Wildman–Crippen LogP) is 3.86. The zero-order valence-electron chi connectivity index (χ0n) is 11.7. The molecule has 0 bridgehead atoms. The molecule has 0 saturated heterocycles. The third kappa shape index (κ3) is 3.66. The molecule has 20 heavy (non-hydrogen) atoms. The second-order valence-corrected chi connectivity index (χ2v) is 4.97. The summed E-state index contributed by atoms with van der Waals surface area (Å²) in [7, 11) is 0. The van der Waals surface area contributed by atoms with E-state index in [-0.39, 0.29) is 11.9 Å². The van der Waals surface area contributed by atoms with Gasteiger partial charge in [-0.25, -0.2) is 4.39 Å². The summed E-state index contributed by atoms with van der Waals surface area (Å²) < 4.78 is 13.3. The van der Waals surface area contributed by atoms with Gasteiger partial charge in [-0.2, -0.15) is 5.26 Å². The van der Waals surface area contributed by atoms with Crippen molar-refractivity contribution in [3.8, 4) is 6.07 Å². The first kappa shape index (κ1) is 14.2. The molecule has 0 amide bonds. The van der Waals surface area contributed by atoms with E-state index in [0.717, 1.165) is 5.56 Å². The maximum Gasteiger partial charge on any atom is 0.124 e. The number of nitriles is 1. The number of aryl methyl sites for hydroxylation is 1.